The van der Waals surface area contributed by atoms with E-state index in [-0.39, 0.29) is 5.91 Å². The zero-order valence-corrected chi connectivity index (χ0v) is 17.7. The quantitative estimate of drug-likeness (QED) is 0.441. The van der Waals surface area contributed by atoms with Gasteiger partial charge in [-0.1, -0.05) is 65.9 Å². The summed E-state index contributed by atoms with van der Waals surface area (Å²) in [4.78, 5) is 19.7. The molecule has 4 nitrogen and oxygen atoms in total. The van der Waals surface area contributed by atoms with Crippen LogP contribution in [-0.4, -0.2) is 32.7 Å². The summed E-state index contributed by atoms with van der Waals surface area (Å²) in [6.45, 7) is 3.57. The summed E-state index contributed by atoms with van der Waals surface area (Å²) in [5.41, 5.74) is 6.90. The minimum Gasteiger partial charge on any atom is -0.337 e. The Balaban J connectivity index is 1.39. The van der Waals surface area contributed by atoms with Crippen molar-refractivity contribution in [2.24, 2.45) is 0 Å². The zero-order chi connectivity index (χ0) is 20.5. The van der Waals surface area contributed by atoms with Crippen molar-refractivity contribution < 1.29 is 4.79 Å². The average molecular weight is 414 g/mol. The van der Waals surface area contributed by atoms with Crippen LogP contribution in [0.15, 0.2) is 78.0 Å². The van der Waals surface area contributed by atoms with Gasteiger partial charge in [-0.2, -0.15) is 0 Å². The molecular weight excluding hydrogens is 390 g/mol. The van der Waals surface area contributed by atoms with Crippen molar-refractivity contribution in [3.05, 3.63) is 89.5 Å². The summed E-state index contributed by atoms with van der Waals surface area (Å²) in [7, 11) is 0. The predicted octanol–water partition coefficient (Wildman–Crippen LogP) is 5.01. The summed E-state index contributed by atoms with van der Waals surface area (Å²) in [6, 6.07) is 25.0. The molecule has 0 saturated carbocycles. The highest BCUT2D eigenvalue weighted by molar-refractivity contribution is 7.99. The van der Waals surface area contributed by atoms with Crippen LogP contribution in [0.2, 0.25) is 0 Å². The minimum absolute atomic E-state index is 0.164. The van der Waals surface area contributed by atoms with E-state index >= 15 is 0 Å². The van der Waals surface area contributed by atoms with Gasteiger partial charge >= 0.3 is 0 Å². The van der Waals surface area contributed by atoms with Gasteiger partial charge in [0.25, 0.3) is 0 Å². The maximum Gasteiger partial charge on any atom is 0.233 e. The molecule has 0 fully saturated rings. The van der Waals surface area contributed by atoms with E-state index in [1.165, 1.54) is 28.5 Å². The minimum atomic E-state index is 0.164. The topological polar surface area (TPSA) is 38.1 Å². The van der Waals surface area contributed by atoms with Gasteiger partial charge in [-0.15, -0.1) is 0 Å². The first-order valence-corrected chi connectivity index (χ1v) is 11.2. The van der Waals surface area contributed by atoms with E-state index in [0.717, 1.165) is 34.8 Å². The van der Waals surface area contributed by atoms with Crippen LogP contribution < -0.4 is 0 Å². The number of fused-ring (bicyclic) bond motifs is 2. The van der Waals surface area contributed by atoms with Crippen LogP contribution in [-0.2, 0) is 17.8 Å². The number of hydrogen-bond donors (Lipinski definition) is 0. The Morgan fingerprint density at radius 3 is 2.53 bits per heavy atom. The number of nitrogens with zero attached hydrogens (tertiary/aromatic N) is 3. The Kier molecular flexibility index (Phi) is 5.05. The van der Waals surface area contributed by atoms with Gasteiger partial charge in [0.05, 0.1) is 16.8 Å². The molecular formula is C25H23N3OS. The molecule has 0 N–H and O–H groups in total. The molecule has 1 amide bonds. The van der Waals surface area contributed by atoms with Gasteiger partial charge in [-0.25, -0.2) is 4.98 Å². The number of carbonyl (C=O) groups is 1. The molecule has 0 aliphatic carbocycles. The number of amides is 1. The lowest BCUT2D eigenvalue weighted by Gasteiger charge is -2.28. The van der Waals surface area contributed by atoms with Crippen LogP contribution in [0.5, 0.6) is 0 Å². The monoisotopic (exact) mass is 413 g/mol. The van der Waals surface area contributed by atoms with E-state index in [9.17, 15) is 4.79 Å². The fraction of sp³-hybridized carbons (Fsp3) is 0.200. The molecule has 0 atom stereocenters. The summed E-state index contributed by atoms with van der Waals surface area (Å²) < 4.78 is 2.15. The van der Waals surface area contributed by atoms with E-state index in [1.54, 1.807) is 0 Å². The van der Waals surface area contributed by atoms with Crippen molar-refractivity contribution in [1.29, 1.82) is 0 Å². The third-order valence-corrected chi connectivity index (χ3v) is 6.55. The van der Waals surface area contributed by atoms with Crippen LogP contribution in [0.3, 0.4) is 0 Å². The summed E-state index contributed by atoms with van der Waals surface area (Å²) in [5, 5.41) is 0.853. The summed E-state index contributed by atoms with van der Waals surface area (Å²) >= 11 is 1.52. The molecule has 5 rings (SSSR count). The highest BCUT2D eigenvalue weighted by Crippen LogP contribution is 2.29. The molecule has 150 valence electrons. The number of carbonyl (C=O) groups excluding carboxylic acids is 1. The average Bonchev–Trinajstić information content (AvgIpc) is 3.16. The lowest BCUT2D eigenvalue weighted by atomic mass is 10.00. The number of rotatable bonds is 4. The van der Waals surface area contributed by atoms with Gasteiger partial charge in [-0.3, -0.25) is 9.36 Å². The number of imidazole rings is 1. The third kappa shape index (κ3) is 3.61. The Hall–Kier alpha value is -3.05. The number of hydrogen-bond acceptors (Lipinski definition) is 3. The second-order valence-electron chi connectivity index (χ2n) is 7.68. The molecule has 1 aromatic heterocycles. The summed E-state index contributed by atoms with van der Waals surface area (Å²) in [6.07, 6.45) is 0.925. The van der Waals surface area contributed by atoms with E-state index in [0.29, 0.717) is 12.3 Å². The lowest BCUT2D eigenvalue weighted by Crippen LogP contribution is -2.37. The molecule has 3 aromatic carbocycles. The first-order valence-electron chi connectivity index (χ1n) is 10.2. The van der Waals surface area contributed by atoms with Gasteiger partial charge < -0.3 is 4.90 Å². The molecule has 0 unspecified atom stereocenters. The molecule has 0 bridgehead atoms. The predicted molar refractivity (Wildman–Crippen MR) is 122 cm³/mol. The van der Waals surface area contributed by atoms with Crippen LogP contribution >= 0.6 is 11.8 Å². The van der Waals surface area contributed by atoms with Gasteiger partial charge in [0.15, 0.2) is 5.16 Å². The number of aryl methyl sites for hydroxylation is 1. The second-order valence-corrected chi connectivity index (χ2v) is 8.62. The van der Waals surface area contributed by atoms with Crippen molar-refractivity contribution in [3.63, 3.8) is 0 Å². The Morgan fingerprint density at radius 2 is 1.70 bits per heavy atom. The normalized spacial score (nSPS) is 13.4. The highest BCUT2D eigenvalue weighted by Gasteiger charge is 2.21. The SMILES string of the molecule is Cc1ccc(-n2c(SCC(=O)N3CCc4ccccc4C3)nc3ccccc32)cc1. The third-order valence-electron chi connectivity index (χ3n) is 5.63. The van der Waals surface area contributed by atoms with Gasteiger partial charge in [-0.05, 0) is 48.7 Å². The second kappa shape index (κ2) is 8.00. The van der Waals surface area contributed by atoms with Crippen molar-refractivity contribution in [2.45, 2.75) is 25.0 Å². The molecule has 4 aromatic rings. The van der Waals surface area contributed by atoms with Crippen molar-refractivity contribution >= 4 is 28.7 Å². The maximum atomic E-state index is 13.0. The molecule has 1 aliphatic rings. The smallest absolute Gasteiger partial charge is 0.233 e. The van der Waals surface area contributed by atoms with E-state index in [4.69, 9.17) is 4.98 Å². The largest absolute Gasteiger partial charge is 0.337 e. The fourth-order valence-corrected chi connectivity index (χ4v) is 4.90. The molecule has 5 heteroatoms. The molecule has 0 spiro atoms. The van der Waals surface area contributed by atoms with Gasteiger partial charge in [0.2, 0.25) is 5.91 Å². The van der Waals surface area contributed by atoms with Crippen LogP contribution in [0.4, 0.5) is 0 Å². The van der Waals surface area contributed by atoms with Gasteiger partial charge in [0.1, 0.15) is 0 Å². The van der Waals surface area contributed by atoms with Crippen LogP contribution in [0, 0.1) is 6.92 Å². The molecule has 0 radical (unpaired) electrons. The van der Waals surface area contributed by atoms with Crippen molar-refractivity contribution in [3.8, 4) is 5.69 Å². The highest BCUT2D eigenvalue weighted by atomic mass is 32.2. The Labute approximate surface area is 180 Å². The number of aromatic nitrogens is 2. The number of para-hydroxylation sites is 2. The van der Waals surface area contributed by atoms with E-state index < -0.39 is 0 Å². The van der Waals surface area contributed by atoms with E-state index in [2.05, 4.69) is 60.0 Å². The number of thioether (sulfide) groups is 1. The zero-order valence-electron chi connectivity index (χ0n) is 16.9. The van der Waals surface area contributed by atoms with Crippen LogP contribution in [0.25, 0.3) is 16.7 Å². The first kappa shape index (κ1) is 18.9. The standard InChI is InChI=1S/C25H23N3OS/c1-18-10-12-21(13-11-18)28-23-9-5-4-8-22(23)26-25(28)30-17-24(29)27-15-14-19-6-2-3-7-20(19)16-27/h2-13H,14-17H2,1H3. The molecule has 0 saturated heterocycles. The lowest BCUT2D eigenvalue weighted by molar-refractivity contribution is -0.129. The maximum absolute atomic E-state index is 13.0. The molecule has 2 heterocycles. The van der Waals surface area contributed by atoms with Crippen molar-refractivity contribution in [1.82, 2.24) is 14.5 Å². The fourth-order valence-electron chi connectivity index (χ4n) is 3.97. The Morgan fingerprint density at radius 1 is 0.967 bits per heavy atom. The van der Waals surface area contributed by atoms with E-state index in [1.807, 2.05) is 29.2 Å². The number of benzene rings is 3. The Bertz CT molecular complexity index is 1210. The van der Waals surface area contributed by atoms with Gasteiger partial charge in [0, 0.05) is 18.8 Å². The molecule has 30 heavy (non-hydrogen) atoms. The first-order chi connectivity index (χ1) is 14.7. The summed E-state index contributed by atoms with van der Waals surface area (Å²) in [5.74, 6) is 0.550. The van der Waals surface area contributed by atoms with Crippen LogP contribution in [0.1, 0.15) is 16.7 Å². The molecule has 1 aliphatic heterocycles. The van der Waals surface area contributed by atoms with Crippen molar-refractivity contribution in [2.75, 3.05) is 12.3 Å².